The van der Waals surface area contributed by atoms with Crippen molar-refractivity contribution in [3.8, 4) is 11.3 Å². The number of fused-ring (bicyclic) bond motifs is 3. The quantitative estimate of drug-likeness (QED) is 0.694. The van der Waals surface area contributed by atoms with Crippen molar-refractivity contribution in [1.29, 1.82) is 0 Å². The van der Waals surface area contributed by atoms with E-state index >= 15 is 0 Å². The monoisotopic (exact) mass is 227 g/mol. The molecule has 0 amide bonds. The van der Waals surface area contributed by atoms with E-state index in [1.807, 2.05) is 27.1 Å². The van der Waals surface area contributed by atoms with Crippen LogP contribution in [0.2, 0.25) is 0 Å². The third-order valence-corrected chi connectivity index (χ3v) is 2.74. The fraction of sp³-hybridized carbons (Fsp3) is 0.286. The first kappa shape index (κ1) is 11.6. The Hall–Kier alpha value is -1.90. The Bertz CT molecular complexity index is 521. The van der Waals surface area contributed by atoms with Gasteiger partial charge in [-0.1, -0.05) is 38.1 Å². The van der Waals surface area contributed by atoms with Gasteiger partial charge in [-0.2, -0.15) is 0 Å². The molecule has 3 rings (SSSR count). The maximum absolute atomic E-state index is 4.49. The highest BCUT2D eigenvalue weighted by Crippen LogP contribution is 2.34. The third-order valence-electron chi connectivity index (χ3n) is 2.74. The molecule has 1 heterocycles. The Morgan fingerprint density at radius 1 is 1.12 bits per heavy atom. The molecular formula is C14H17N3. The largest absolute Gasteiger partial charge is 0.357 e. The lowest BCUT2D eigenvalue weighted by molar-refractivity contribution is 1.11. The zero-order valence-corrected chi connectivity index (χ0v) is 10.5. The molecule has 1 N–H and O–H groups in total. The van der Waals surface area contributed by atoms with Crippen LogP contribution in [0.4, 0.5) is 5.95 Å². The van der Waals surface area contributed by atoms with Gasteiger partial charge in [0.25, 0.3) is 0 Å². The maximum atomic E-state index is 4.49. The molecule has 0 saturated heterocycles. The maximum Gasteiger partial charge on any atom is 0.222 e. The molecule has 2 aromatic rings. The van der Waals surface area contributed by atoms with Gasteiger partial charge < -0.3 is 5.32 Å². The number of rotatable bonds is 1. The number of anilines is 1. The molecule has 0 fully saturated rings. The first-order valence-corrected chi connectivity index (χ1v) is 6.00. The van der Waals surface area contributed by atoms with Crippen molar-refractivity contribution in [2.45, 2.75) is 20.3 Å². The molecule has 0 bridgehead atoms. The second kappa shape index (κ2) is 4.95. The van der Waals surface area contributed by atoms with Gasteiger partial charge >= 0.3 is 0 Å². The van der Waals surface area contributed by atoms with Gasteiger partial charge in [-0.05, 0) is 5.56 Å². The number of hydrogen-bond acceptors (Lipinski definition) is 3. The Morgan fingerprint density at radius 2 is 1.88 bits per heavy atom. The van der Waals surface area contributed by atoms with Crippen LogP contribution in [0.25, 0.3) is 11.3 Å². The molecule has 0 unspecified atom stereocenters. The van der Waals surface area contributed by atoms with Gasteiger partial charge in [0.05, 0.1) is 5.69 Å². The van der Waals surface area contributed by atoms with E-state index in [4.69, 9.17) is 0 Å². The summed E-state index contributed by atoms with van der Waals surface area (Å²) in [5.74, 6) is 0.686. The number of hydrogen-bond donors (Lipinski definition) is 1. The predicted molar refractivity (Wildman–Crippen MR) is 71.2 cm³/mol. The van der Waals surface area contributed by atoms with Gasteiger partial charge in [0.1, 0.15) is 0 Å². The second-order valence-electron chi connectivity index (χ2n) is 3.65. The van der Waals surface area contributed by atoms with Crippen molar-refractivity contribution >= 4 is 5.95 Å². The van der Waals surface area contributed by atoms with Gasteiger partial charge in [0, 0.05) is 30.8 Å². The van der Waals surface area contributed by atoms with E-state index in [0.29, 0.717) is 5.95 Å². The third kappa shape index (κ3) is 2.00. The van der Waals surface area contributed by atoms with Gasteiger partial charge in [-0.3, -0.25) is 0 Å². The molecule has 0 radical (unpaired) electrons. The van der Waals surface area contributed by atoms with Crippen molar-refractivity contribution < 1.29 is 0 Å². The van der Waals surface area contributed by atoms with E-state index in [2.05, 4.69) is 39.6 Å². The number of aromatic nitrogens is 2. The van der Waals surface area contributed by atoms with Crippen molar-refractivity contribution in [2.75, 3.05) is 12.4 Å². The molecule has 1 aromatic heterocycles. The summed E-state index contributed by atoms with van der Waals surface area (Å²) in [6.45, 7) is 4.00. The fourth-order valence-corrected chi connectivity index (χ4v) is 2.00. The molecule has 0 spiro atoms. The summed E-state index contributed by atoms with van der Waals surface area (Å²) in [5, 5.41) is 2.97. The van der Waals surface area contributed by atoms with Crippen LogP contribution in [0, 0.1) is 0 Å². The first-order chi connectivity index (χ1) is 8.38. The van der Waals surface area contributed by atoms with Crippen molar-refractivity contribution in [2.24, 2.45) is 0 Å². The summed E-state index contributed by atoms with van der Waals surface area (Å²) in [7, 11) is 1.84. The van der Waals surface area contributed by atoms with Crippen LogP contribution < -0.4 is 5.32 Å². The SMILES string of the molecule is CC.CNc1ncc2c(n1)-c1ccccc1C2. The van der Waals surface area contributed by atoms with Gasteiger partial charge in [-0.25, -0.2) is 9.97 Å². The van der Waals surface area contributed by atoms with Crippen molar-refractivity contribution in [3.05, 3.63) is 41.6 Å². The molecule has 17 heavy (non-hydrogen) atoms. The van der Waals surface area contributed by atoms with Crippen LogP contribution >= 0.6 is 0 Å². The molecule has 0 atom stereocenters. The zero-order chi connectivity index (χ0) is 12.3. The number of nitrogens with zero attached hydrogens (tertiary/aromatic N) is 2. The fourth-order valence-electron chi connectivity index (χ4n) is 2.00. The summed E-state index contributed by atoms with van der Waals surface area (Å²) in [4.78, 5) is 8.72. The van der Waals surface area contributed by atoms with E-state index < -0.39 is 0 Å². The minimum atomic E-state index is 0.686. The average Bonchev–Trinajstić information content (AvgIpc) is 2.78. The van der Waals surface area contributed by atoms with Gasteiger partial charge in [-0.15, -0.1) is 0 Å². The van der Waals surface area contributed by atoms with Crippen LogP contribution in [0.1, 0.15) is 25.0 Å². The molecular weight excluding hydrogens is 210 g/mol. The Labute approximate surface area is 102 Å². The lowest BCUT2D eigenvalue weighted by Gasteiger charge is -2.02. The van der Waals surface area contributed by atoms with Crippen LogP contribution in [0.5, 0.6) is 0 Å². The normalized spacial score (nSPS) is 11.0. The van der Waals surface area contributed by atoms with Gasteiger partial charge in [0.2, 0.25) is 5.95 Å². The molecule has 0 saturated carbocycles. The molecule has 88 valence electrons. The van der Waals surface area contributed by atoms with Crippen LogP contribution in [-0.2, 0) is 6.42 Å². The molecule has 1 aliphatic carbocycles. The van der Waals surface area contributed by atoms with E-state index in [1.54, 1.807) is 0 Å². The minimum absolute atomic E-state index is 0.686. The van der Waals surface area contributed by atoms with Crippen LogP contribution in [-0.4, -0.2) is 17.0 Å². The molecule has 1 aliphatic rings. The summed E-state index contributed by atoms with van der Waals surface area (Å²) in [6.07, 6.45) is 2.86. The highest BCUT2D eigenvalue weighted by atomic mass is 15.1. The smallest absolute Gasteiger partial charge is 0.222 e. The molecule has 3 heteroatoms. The Kier molecular flexibility index (Phi) is 3.38. The minimum Gasteiger partial charge on any atom is -0.357 e. The Balaban J connectivity index is 0.000000514. The summed E-state index contributed by atoms with van der Waals surface area (Å²) < 4.78 is 0. The van der Waals surface area contributed by atoms with E-state index in [1.165, 1.54) is 16.7 Å². The van der Waals surface area contributed by atoms with E-state index in [0.717, 1.165) is 12.1 Å². The average molecular weight is 227 g/mol. The van der Waals surface area contributed by atoms with E-state index in [9.17, 15) is 0 Å². The highest BCUT2D eigenvalue weighted by molar-refractivity contribution is 5.73. The highest BCUT2D eigenvalue weighted by Gasteiger charge is 2.19. The zero-order valence-electron chi connectivity index (χ0n) is 10.5. The van der Waals surface area contributed by atoms with E-state index in [-0.39, 0.29) is 0 Å². The van der Waals surface area contributed by atoms with Crippen molar-refractivity contribution in [3.63, 3.8) is 0 Å². The van der Waals surface area contributed by atoms with Crippen LogP contribution in [0.15, 0.2) is 30.5 Å². The summed E-state index contributed by atoms with van der Waals surface area (Å²) in [6, 6.07) is 8.38. The summed E-state index contributed by atoms with van der Waals surface area (Å²) in [5.41, 5.74) is 4.88. The first-order valence-electron chi connectivity index (χ1n) is 6.00. The van der Waals surface area contributed by atoms with Crippen LogP contribution in [0.3, 0.4) is 0 Å². The van der Waals surface area contributed by atoms with Gasteiger partial charge in [0.15, 0.2) is 0 Å². The standard InChI is InChI=1S/C12H11N3.C2H6/c1-13-12-14-7-9-6-8-4-2-3-5-10(8)11(9)15-12;1-2/h2-5,7H,6H2,1H3,(H,13,14,15);1-2H3. The van der Waals surface area contributed by atoms with Crippen molar-refractivity contribution in [1.82, 2.24) is 9.97 Å². The second-order valence-corrected chi connectivity index (χ2v) is 3.65. The number of benzene rings is 1. The predicted octanol–water partition coefficient (Wildman–Crippen LogP) is 3.12. The topological polar surface area (TPSA) is 37.8 Å². The molecule has 1 aromatic carbocycles. The Morgan fingerprint density at radius 3 is 2.65 bits per heavy atom. The molecule has 3 nitrogen and oxygen atoms in total. The number of nitrogens with one attached hydrogen (secondary N) is 1. The molecule has 0 aliphatic heterocycles. The summed E-state index contributed by atoms with van der Waals surface area (Å²) >= 11 is 0. The lowest BCUT2D eigenvalue weighted by atomic mass is 10.1. The lowest BCUT2D eigenvalue weighted by Crippen LogP contribution is -1.97.